The number of fused-ring (bicyclic) bond motifs is 1. The van der Waals surface area contributed by atoms with Crippen LogP contribution in [0.5, 0.6) is 0 Å². The van der Waals surface area contributed by atoms with Crippen LogP contribution in [-0.4, -0.2) is 24.2 Å². The van der Waals surface area contributed by atoms with Crippen molar-refractivity contribution in [2.24, 2.45) is 0 Å². The van der Waals surface area contributed by atoms with Crippen LogP contribution in [0.2, 0.25) is 0 Å². The van der Waals surface area contributed by atoms with Gasteiger partial charge in [-0.3, -0.25) is 0 Å². The van der Waals surface area contributed by atoms with Crippen molar-refractivity contribution in [2.45, 2.75) is 25.6 Å². The number of hydrogen-bond donors (Lipinski definition) is 0. The summed E-state index contributed by atoms with van der Waals surface area (Å²) in [5.74, 6) is 0.421. The Morgan fingerprint density at radius 2 is 2.11 bits per heavy atom. The molecule has 0 atom stereocenters. The van der Waals surface area contributed by atoms with E-state index in [1.165, 1.54) is 6.26 Å². The smallest absolute Gasteiger partial charge is 0.154 e. The number of sulfone groups is 1. The first-order valence-corrected chi connectivity index (χ1v) is 7.96. The van der Waals surface area contributed by atoms with Crippen molar-refractivity contribution in [2.75, 3.05) is 6.26 Å². The molecule has 0 saturated heterocycles. The van der Waals surface area contributed by atoms with Crippen molar-refractivity contribution in [1.82, 2.24) is 9.55 Å². The summed E-state index contributed by atoms with van der Waals surface area (Å²) < 4.78 is 24.8. The lowest BCUT2D eigenvalue weighted by Crippen LogP contribution is -2.11. The van der Waals surface area contributed by atoms with Crippen LogP contribution in [0.1, 0.15) is 31.3 Å². The summed E-state index contributed by atoms with van der Waals surface area (Å²) >= 11 is 0. The molecule has 0 spiro atoms. The molecule has 0 saturated carbocycles. The molecule has 1 aromatic carbocycles. The Kier molecular flexibility index (Phi) is 3.33. The lowest BCUT2D eigenvalue weighted by molar-refractivity contribution is 0.579. The van der Waals surface area contributed by atoms with E-state index in [4.69, 9.17) is 5.26 Å². The summed E-state index contributed by atoms with van der Waals surface area (Å²) in [6.45, 7) is 3.95. The number of imidazole rings is 1. The van der Waals surface area contributed by atoms with Gasteiger partial charge in [0.15, 0.2) is 9.84 Å². The van der Waals surface area contributed by atoms with E-state index in [2.05, 4.69) is 11.1 Å². The standard InChI is InChI=1S/C13H15N3O2S/c1-9(2)16-12-5-4-10(7-14)6-11(12)15-13(16)8-19(3,17)18/h4-6,9H,8H2,1-3H3. The summed E-state index contributed by atoms with van der Waals surface area (Å²) in [4.78, 5) is 4.36. The van der Waals surface area contributed by atoms with Crippen LogP contribution < -0.4 is 0 Å². The lowest BCUT2D eigenvalue weighted by atomic mass is 10.2. The molecule has 6 heteroatoms. The highest BCUT2D eigenvalue weighted by Gasteiger charge is 2.17. The Morgan fingerprint density at radius 3 is 2.63 bits per heavy atom. The fourth-order valence-electron chi connectivity index (χ4n) is 2.13. The SMILES string of the molecule is CC(C)n1c(CS(C)(=O)=O)nc2cc(C#N)ccc21. The first kappa shape index (κ1) is 13.6. The topological polar surface area (TPSA) is 75.8 Å². The second-order valence-corrected chi connectivity index (χ2v) is 7.02. The van der Waals surface area contributed by atoms with Crippen LogP contribution >= 0.6 is 0 Å². The normalized spacial score (nSPS) is 11.9. The first-order valence-electron chi connectivity index (χ1n) is 5.90. The molecule has 1 heterocycles. The summed E-state index contributed by atoms with van der Waals surface area (Å²) in [5, 5.41) is 8.89. The molecule has 1 aromatic heterocycles. The summed E-state index contributed by atoms with van der Waals surface area (Å²) in [5.41, 5.74) is 2.03. The highest BCUT2D eigenvalue weighted by molar-refractivity contribution is 7.89. The van der Waals surface area contributed by atoms with Gasteiger partial charge in [-0.05, 0) is 32.0 Å². The molecule has 0 N–H and O–H groups in total. The van der Waals surface area contributed by atoms with E-state index < -0.39 is 9.84 Å². The molecule has 19 heavy (non-hydrogen) atoms. The van der Waals surface area contributed by atoms with E-state index in [-0.39, 0.29) is 11.8 Å². The fraction of sp³-hybridized carbons (Fsp3) is 0.385. The molecule has 0 fully saturated rings. The molecule has 5 nitrogen and oxygen atoms in total. The quantitative estimate of drug-likeness (QED) is 0.860. The Hall–Kier alpha value is -1.87. The number of nitrogens with zero attached hydrogens (tertiary/aromatic N) is 3. The van der Waals surface area contributed by atoms with Gasteiger partial charge >= 0.3 is 0 Å². The minimum Gasteiger partial charge on any atom is -0.325 e. The Labute approximate surface area is 112 Å². The van der Waals surface area contributed by atoms with E-state index >= 15 is 0 Å². The first-order chi connectivity index (χ1) is 8.81. The van der Waals surface area contributed by atoms with Crippen molar-refractivity contribution in [3.63, 3.8) is 0 Å². The number of hydrogen-bond acceptors (Lipinski definition) is 4. The van der Waals surface area contributed by atoms with E-state index in [0.29, 0.717) is 16.9 Å². The van der Waals surface area contributed by atoms with Crippen molar-refractivity contribution in [3.8, 4) is 6.07 Å². The predicted molar refractivity (Wildman–Crippen MR) is 73.4 cm³/mol. The van der Waals surface area contributed by atoms with Gasteiger partial charge in [-0.2, -0.15) is 5.26 Å². The zero-order chi connectivity index (χ0) is 14.2. The maximum atomic E-state index is 11.5. The third kappa shape index (κ3) is 2.76. The second kappa shape index (κ2) is 4.67. The molecule has 0 amide bonds. The Balaban J connectivity index is 2.70. The summed E-state index contributed by atoms with van der Waals surface area (Å²) in [7, 11) is -3.14. The zero-order valence-corrected chi connectivity index (χ0v) is 11.9. The van der Waals surface area contributed by atoms with Gasteiger partial charge in [0.1, 0.15) is 11.6 Å². The molecule has 0 aliphatic rings. The minimum atomic E-state index is -3.14. The molecule has 0 aliphatic heterocycles. The molecular weight excluding hydrogens is 262 g/mol. The van der Waals surface area contributed by atoms with Gasteiger partial charge < -0.3 is 4.57 Å². The van der Waals surface area contributed by atoms with Gasteiger partial charge in [0, 0.05) is 12.3 Å². The van der Waals surface area contributed by atoms with Crippen LogP contribution in [0.15, 0.2) is 18.2 Å². The molecule has 100 valence electrons. The van der Waals surface area contributed by atoms with E-state index in [9.17, 15) is 8.42 Å². The van der Waals surface area contributed by atoms with Crippen LogP contribution in [0.3, 0.4) is 0 Å². The Bertz CT molecular complexity index is 767. The minimum absolute atomic E-state index is 0.0955. The van der Waals surface area contributed by atoms with Gasteiger partial charge in [0.05, 0.1) is 22.7 Å². The number of benzene rings is 1. The van der Waals surface area contributed by atoms with Gasteiger partial charge in [0.25, 0.3) is 0 Å². The monoisotopic (exact) mass is 277 g/mol. The third-order valence-electron chi connectivity index (χ3n) is 2.80. The highest BCUT2D eigenvalue weighted by Crippen LogP contribution is 2.23. The van der Waals surface area contributed by atoms with Crippen molar-refractivity contribution >= 4 is 20.9 Å². The summed E-state index contributed by atoms with van der Waals surface area (Å²) in [6, 6.07) is 7.37. The van der Waals surface area contributed by atoms with Crippen LogP contribution in [0.4, 0.5) is 0 Å². The van der Waals surface area contributed by atoms with E-state index in [1.54, 1.807) is 12.1 Å². The summed E-state index contributed by atoms with van der Waals surface area (Å²) in [6.07, 6.45) is 1.19. The number of nitriles is 1. The molecule has 0 bridgehead atoms. The Morgan fingerprint density at radius 1 is 1.42 bits per heavy atom. The van der Waals surface area contributed by atoms with Crippen LogP contribution in [-0.2, 0) is 15.6 Å². The van der Waals surface area contributed by atoms with Gasteiger partial charge in [-0.1, -0.05) is 0 Å². The third-order valence-corrected chi connectivity index (χ3v) is 3.58. The predicted octanol–water partition coefficient (Wildman–Crippen LogP) is 2.03. The van der Waals surface area contributed by atoms with Gasteiger partial charge in [0.2, 0.25) is 0 Å². The average Bonchev–Trinajstić information content (AvgIpc) is 2.62. The maximum Gasteiger partial charge on any atom is 0.154 e. The number of aromatic nitrogens is 2. The molecule has 0 unspecified atom stereocenters. The van der Waals surface area contributed by atoms with E-state index in [0.717, 1.165) is 5.52 Å². The molecular formula is C13H15N3O2S. The van der Waals surface area contributed by atoms with Crippen LogP contribution in [0.25, 0.3) is 11.0 Å². The highest BCUT2D eigenvalue weighted by atomic mass is 32.2. The fourth-order valence-corrected chi connectivity index (χ4v) is 2.80. The second-order valence-electron chi connectivity index (χ2n) is 4.88. The largest absolute Gasteiger partial charge is 0.325 e. The number of rotatable bonds is 3. The molecule has 2 aromatic rings. The van der Waals surface area contributed by atoms with Crippen molar-refractivity contribution in [3.05, 3.63) is 29.6 Å². The van der Waals surface area contributed by atoms with Gasteiger partial charge in [-0.15, -0.1) is 0 Å². The van der Waals surface area contributed by atoms with E-state index in [1.807, 2.05) is 24.5 Å². The van der Waals surface area contributed by atoms with Crippen molar-refractivity contribution < 1.29 is 8.42 Å². The molecule has 0 radical (unpaired) electrons. The van der Waals surface area contributed by atoms with Gasteiger partial charge in [-0.25, -0.2) is 13.4 Å². The average molecular weight is 277 g/mol. The molecule has 0 aliphatic carbocycles. The molecule has 2 rings (SSSR count). The van der Waals surface area contributed by atoms with Crippen LogP contribution in [0, 0.1) is 11.3 Å². The lowest BCUT2D eigenvalue weighted by Gasteiger charge is -2.12. The van der Waals surface area contributed by atoms with Crippen molar-refractivity contribution in [1.29, 1.82) is 5.26 Å². The maximum absolute atomic E-state index is 11.5. The zero-order valence-electron chi connectivity index (χ0n) is 11.1.